The predicted octanol–water partition coefficient (Wildman–Crippen LogP) is 3.17. The summed E-state index contributed by atoms with van der Waals surface area (Å²) < 4.78 is 0. The van der Waals surface area contributed by atoms with Crippen molar-refractivity contribution >= 4 is 17.2 Å². The van der Waals surface area contributed by atoms with Gasteiger partial charge in [-0.25, -0.2) is 0 Å². The summed E-state index contributed by atoms with van der Waals surface area (Å²) >= 11 is 1.65. The molecule has 110 valence electrons. The van der Waals surface area contributed by atoms with Crippen LogP contribution in [0.4, 0.5) is 0 Å². The summed E-state index contributed by atoms with van der Waals surface area (Å²) in [5.41, 5.74) is 1.90. The van der Waals surface area contributed by atoms with Gasteiger partial charge in [0.15, 0.2) is 0 Å². The lowest BCUT2D eigenvalue weighted by molar-refractivity contribution is 0.0706. The van der Waals surface area contributed by atoms with Crippen LogP contribution in [0.5, 0.6) is 0 Å². The summed E-state index contributed by atoms with van der Waals surface area (Å²) in [5.74, 6) is 0.461. The number of amides is 1. The highest BCUT2D eigenvalue weighted by Gasteiger charge is 2.27. The smallest absolute Gasteiger partial charge is 0.253 e. The maximum absolute atomic E-state index is 12.6. The van der Waals surface area contributed by atoms with Gasteiger partial charge in [0.2, 0.25) is 0 Å². The molecule has 4 nitrogen and oxygen atoms in total. The Balaban J connectivity index is 1.75. The molecule has 0 saturated carbocycles. The fourth-order valence-electron chi connectivity index (χ4n) is 2.80. The van der Waals surface area contributed by atoms with Crippen LogP contribution in [0.3, 0.4) is 0 Å². The Bertz CT molecular complexity index is 652. The van der Waals surface area contributed by atoms with Crippen LogP contribution in [-0.4, -0.2) is 34.1 Å². The molecule has 1 amide bonds. The minimum atomic E-state index is 0.129. The lowest BCUT2D eigenvalue weighted by Crippen LogP contribution is -2.39. The molecule has 0 radical (unpaired) electrons. The molecule has 1 unspecified atom stereocenters. The van der Waals surface area contributed by atoms with Crippen molar-refractivity contribution in [3.05, 3.63) is 45.4 Å². The summed E-state index contributed by atoms with van der Waals surface area (Å²) in [7, 11) is 0. The minimum Gasteiger partial charge on any atom is -0.338 e. The number of rotatable bonds is 2. The van der Waals surface area contributed by atoms with Crippen LogP contribution in [0.15, 0.2) is 24.3 Å². The van der Waals surface area contributed by atoms with Crippen molar-refractivity contribution in [2.45, 2.75) is 32.6 Å². The van der Waals surface area contributed by atoms with Crippen molar-refractivity contribution < 1.29 is 4.79 Å². The molecule has 1 aliphatic rings. The topological polar surface area (TPSA) is 46.1 Å². The zero-order valence-electron chi connectivity index (χ0n) is 12.4. The first-order chi connectivity index (χ1) is 10.1. The SMILES string of the molecule is Cc1cccc(C(=O)N2CCCC(c3nnc(C)s3)C2)c1. The summed E-state index contributed by atoms with van der Waals surface area (Å²) in [6, 6.07) is 7.81. The Hall–Kier alpha value is -1.75. The van der Waals surface area contributed by atoms with E-state index in [4.69, 9.17) is 0 Å². The maximum Gasteiger partial charge on any atom is 0.253 e. The molecule has 1 aromatic heterocycles. The molecule has 0 aliphatic carbocycles. The zero-order valence-corrected chi connectivity index (χ0v) is 13.2. The molecule has 21 heavy (non-hydrogen) atoms. The molecule has 1 saturated heterocycles. The normalized spacial score (nSPS) is 18.8. The third-order valence-electron chi connectivity index (χ3n) is 3.86. The Morgan fingerprint density at radius 1 is 1.33 bits per heavy atom. The molecule has 1 aromatic carbocycles. The number of piperidine rings is 1. The van der Waals surface area contributed by atoms with E-state index in [0.29, 0.717) is 5.92 Å². The predicted molar refractivity (Wildman–Crippen MR) is 83.7 cm³/mol. The van der Waals surface area contributed by atoms with Crippen LogP contribution in [0, 0.1) is 13.8 Å². The molecule has 3 rings (SSSR count). The van der Waals surface area contributed by atoms with Gasteiger partial charge in [-0.15, -0.1) is 21.5 Å². The summed E-state index contributed by atoms with van der Waals surface area (Å²) in [6.45, 7) is 5.57. The number of hydrogen-bond donors (Lipinski definition) is 0. The average Bonchev–Trinajstić information content (AvgIpc) is 2.93. The van der Waals surface area contributed by atoms with Crippen molar-refractivity contribution in [2.75, 3.05) is 13.1 Å². The first kappa shape index (κ1) is 14.2. The van der Waals surface area contributed by atoms with E-state index in [0.717, 1.165) is 47.1 Å². The number of likely N-dealkylation sites (tertiary alicyclic amines) is 1. The van der Waals surface area contributed by atoms with Gasteiger partial charge in [0.1, 0.15) is 10.0 Å². The van der Waals surface area contributed by atoms with Crippen LogP contribution < -0.4 is 0 Å². The Labute approximate surface area is 128 Å². The monoisotopic (exact) mass is 301 g/mol. The third-order valence-corrected chi connectivity index (χ3v) is 4.87. The number of hydrogen-bond acceptors (Lipinski definition) is 4. The Kier molecular flexibility index (Phi) is 4.01. The van der Waals surface area contributed by atoms with Crippen molar-refractivity contribution in [2.24, 2.45) is 0 Å². The Morgan fingerprint density at radius 3 is 2.90 bits per heavy atom. The Morgan fingerprint density at radius 2 is 2.19 bits per heavy atom. The van der Waals surface area contributed by atoms with E-state index >= 15 is 0 Å². The van der Waals surface area contributed by atoms with E-state index in [1.54, 1.807) is 11.3 Å². The van der Waals surface area contributed by atoms with Crippen molar-refractivity contribution in [1.29, 1.82) is 0 Å². The van der Waals surface area contributed by atoms with Crippen LogP contribution in [0.2, 0.25) is 0 Å². The van der Waals surface area contributed by atoms with Gasteiger partial charge in [0.25, 0.3) is 5.91 Å². The van der Waals surface area contributed by atoms with E-state index in [1.807, 2.05) is 43.0 Å². The third kappa shape index (κ3) is 3.13. The molecule has 0 spiro atoms. The zero-order chi connectivity index (χ0) is 14.8. The second-order valence-corrected chi connectivity index (χ2v) is 6.83. The number of carbonyl (C=O) groups excluding carboxylic acids is 1. The van der Waals surface area contributed by atoms with Crippen LogP contribution in [0.25, 0.3) is 0 Å². The van der Waals surface area contributed by atoms with Gasteiger partial charge in [0, 0.05) is 24.6 Å². The van der Waals surface area contributed by atoms with Crippen LogP contribution in [0.1, 0.15) is 44.7 Å². The first-order valence-corrected chi connectivity index (χ1v) is 8.11. The van der Waals surface area contributed by atoms with Gasteiger partial charge in [-0.1, -0.05) is 17.7 Å². The van der Waals surface area contributed by atoms with Crippen LogP contribution in [-0.2, 0) is 0 Å². The molecule has 5 heteroatoms. The number of aryl methyl sites for hydroxylation is 2. The van der Waals surface area contributed by atoms with E-state index in [1.165, 1.54) is 0 Å². The highest BCUT2D eigenvalue weighted by molar-refractivity contribution is 7.11. The molecule has 0 bridgehead atoms. The van der Waals surface area contributed by atoms with Gasteiger partial charge in [-0.2, -0.15) is 0 Å². The molecule has 0 N–H and O–H groups in total. The second-order valence-electron chi connectivity index (χ2n) is 5.62. The lowest BCUT2D eigenvalue weighted by Gasteiger charge is -2.31. The quantitative estimate of drug-likeness (QED) is 0.856. The van der Waals surface area contributed by atoms with E-state index in [2.05, 4.69) is 10.2 Å². The first-order valence-electron chi connectivity index (χ1n) is 7.29. The summed E-state index contributed by atoms with van der Waals surface area (Å²) in [5, 5.41) is 10.4. The molecule has 2 aromatic rings. The van der Waals surface area contributed by atoms with Crippen molar-refractivity contribution in [3.8, 4) is 0 Å². The standard InChI is InChI=1S/C16H19N3OS/c1-11-5-3-6-13(9-11)16(20)19-8-4-7-14(10-19)15-18-17-12(2)21-15/h3,5-6,9,14H,4,7-8,10H2,1-2H3. The average molecular weight is 301 g/mol. The van der Waals surface area contributed by atoms with Gasteiger partial charge in [0.05, 0.1) is 0 Å². The van der Waals surface area contributed by atoms with Crippen molar-refractivity contribution in [1.82, 2.24) is 15.1 Å². The minimum absolute atomic E-state index is 0.129. The number of nitrogens with zero attached hydrogens (tertiary/aromatic N) is 3. The fourth-order valence-corrected chi connectivity index (χ4v) is 3.63. The number of carbonyl (C=O) groups is 1. The summed E-state index contributed by atoms with van der Waals surface area (Å²) in [4.78, 5) is 14.6. The van der Waals surface area contributed by atoms with E-state index in [-0.39, 0.29) is 5.91 Å². The van der Waals surface area contributed by atoms with Gasteiger partial charge >= 0.3 is 0 Å². The van der Waals surface area contributed by atoms with E-state index in [9.17, 15) is 4.79 Å². The number of benzene rings is 1. The summed E-state index contributed by atoms with van der Waals surface area (Å²) in [6.07, 6.45) is 2.12. The molecular formula is C16H19N3OS. The molecule has 1 fully saturated rings. The molecular weight excluding hydrogens is 282 g/mol. The van der Waals surface area contributed by atoms with Gasteiger partial charge in [-0.3, -0.25) is 4.79 Å². The molecule has 1 atom stereocenters. The lowest BCUT2D eigenvalue weighted by atomic mass is 9.98. The van der Waals surface area contributed by atoms with Crippen LogP contribution >= 0.6 is 11.3 Å². The largest absolute Gasteiger partial charge is 0.338 e. The second kappa shape index (κ2) is 5.93. The highest BCUT2D eigenvalue weighted by atomic mass is 32.1. The number of aromatic nitrogens is 2. The van der Waals surface area contributed by atoms with Crippen molar-refractivity contribution in [3.63, 3.8) is 0 Å². The van der Waals surface area contributed by atoms with Gasteiger partial charge < -0.3 is 4.90 Å². The highest BCUT2D eigenvalue weighted by Crippen LogP contribution is 2.29. The maximum atomic E-state index is 12.6. The van der Waals surface area contributed by atoms with Gasteiger partial charge in [-0.05, 0) is 38.8 Å². The molecule has 1 aliphatic heterocycles. The fraction of sp³-hybridized carbons (Fsp3) is 0.438. The van der Waals surface area contributed by atoms with E-state index < -0.39 is 0 Å². The molecule has 2 heterocycles.